The van der Waals surface area contributed by atoms with Gasteiger partial charge in [0.05, 0.1) is 11.5 Å². The molecule has 0 spiro atoms. The number of fused-ring (bicyclic) bond motifs is 1. The molecule has 106 valence electrons. The van der Waals surface area contributed by atoms with Gasteiger partial charge < -0.3 is 9.67 Å². The van der Waals surface area contributed by atoms with E-state index in [1.807, 2.05) is 30.5 Å². The highest BCUT2D eigenvalue weighted by molar-refractivity contribution is 5.80. The van der Waals surface area contributed by atoms with Crippen LogP contribution in [0.4, 0.5) is 5.69 Å². The monoisotopic (exact) mass is 282 g/mol. The molecule has 1 aromatic heterocycles. The Bertz CT molecular complexity index is 791. The number of hydrogen-bond donors (Lipinski definition) is 1. The van der Waals surface area contributed by atoms with Gasteiger partial charge in [-0.25, -0.2) is 0 Å². The predicted octanol–water partition coefficient (Wildman–Crippen LogP) is 3.09. The van der Waals surface area contributed by atoms with Crippen molar-refractivity contribution in [2.24, 2.45) is 0 Å². The first kappa shape index (κ1) is 13.3. The van der Waals surface area contributed by atoms with Gasteiger partial charge in [-0.15, -0.1) is 0 Å². The van der Waals surface area contributed by atoms with Crippen molar-refractivity contribution in [3.8, 4) is 0 Å². The van der Waals surface area contributed by atoms with Crippen LogP contribution < -0.4 is 0 Å². The fourth-order valence-corrected chi connectivity index (χ4v) is 2.39. The minimum absolute atomic E-state index is 0.0126. The van der Waals surface area contributed by atoms with Gasteiger partial charge in [-0.1, -0.05) is 24.3 Å². The SMILES string of the molecule is O=[N+]([O-])c1ccc(Cn2ccc3ccc(CO)cc32)cc1. The maximum atomic E-state index is 10.7. The standard InChI is InChI=1S/C16H14N2O3/c19-11-13-1-4-14-7-8-17(16(14)9-13)10-12-2-5-15(6-3-12)18(20)21/h1-9,19H,10-11H2. The van der Waals surface area contributed by atoms with Gasteiger partial charge in [0.15, 0.2) is 0 Å². The van der Waals surface area contributed by atoms with Crippen LogP contribution in [0.2, 0.25) is 0 Å². The van der Waals surface area contributed by atoms with E-state index < -0.39 is 4.92 Å². The van der Waals surface area contributed by atoms with Gasteiger partial charge in [-0.3, -0.25) is 10.1 Å². The highest BCUT2D eigenvalue weighted by Gasteiger charge is 2.06. The molecule has 0 saturated carbocycles. The van der Waals surface area contributed by atoms with Crippen molar-refractivity contribution in [2.45, 2.75) is 13.2 Å². The molecule has 0 fully saturated rings. The average Bonchev–Trinajstić information content (AvgIpc) is 2.90. The van der Waals surface area contributed by atoms with E-state index in [0.717, 1.165) is 22.0 Å². The van der Waals surface area contributed by atoms with Crippen LogP contribution in [0.1, 0.15) is 11.1 Å². The summed E-state index contributed by atoms with van der Waals surface area (Å²) in [7, 11) is 0. The van der Waals surface area contributed by atoms with Gasteiger partial charge in [0, 0.05) is 30.4 Å². The van der Waals surface area contributed by atoms with E-state index in [1.54, 1.807) is 12.1 Å². The topological polar surface area (TPSA) is 68.3 Å². The Morgan fingerprint density at radius 3 is 2.43 bits per heavy atom. The van der Waals surface area contributed by atoms with Crippen molar-refractivity contribution >= 4 is 16.6 Å². The number of aromatic nitrogens is 1. The van der Waals surface area contributed by atoms with E-state index in [1.165, 1.54) is 12.1 Å². The van der Waals surface area contributed by atoms with E-state index in [9.17, 15) is 15.2 Å². The van der Waals surface area contributed by atoms with E-state index in [2.05, 4.69) is 4.57 Å². The van der Waals surface area contributed by atoms with Crippen molar-refractivity contribution < 1.29 is 10.0 Å². The second kappa shape index (κ2) is 5.38. The Morgan fingerprint density at radius 2 is 1.76 bits per heavy atom. The zero-order valence-corrected chi connectivity index (χ0v) is 11.3. The van der Waals surface area contributed by atoms with Crippen LogP contribution >= 0.6 is 0 Å². The highest BCUT2D eigenvalue weighted by atomic mass is 16.6. The van der Waals surface area contributed by atoms with Crippen molar-refractivity contribution in [1.82, 2.24) is 4.57 Å². The van der Waals surface area contributed by atoms with Crippen LogP contribution in [0.5, 0.6) is 0 Å². The smallest absolute Gasteiger partial charge is 0.269 e. The first-order chi connectivity index (χ1) is 10.2. The number of nitro groups is 1. The van der Waals surface area contributed by atoms with Gasteiger partial charge in [-0.2, -0.15) is 0 Å². The molecule has 0 unspecified atom stereocenters. The second-order valence-electron chi connectivity index (χ2n) is 4.92. The van der Waals surface area contributed by atoms with Crippen LogP contribution in [-0.2, 0) is 13.2 Å². The van der Waals surface area contributed by atoms with Gasteiger partial charge in [0.2, 0.25) is 0 Å². The molecule has 1 heterocycles. The summed E-state index contributed by atoms with van der Waals surface area (Å²) < 4.78 is 2.07. The molecular weight excluding hydrogens is 268 g/mol. The third-order valence-electron chi connectivity index (χ3n) is 3.52. The fourth-order valence-electron chi connectivity index (χ4n) is 2.39. The van der Waals surface area contributed by atoms with E-state index in [0.29, 0.717) is 6.54 Å². The van der Waals surface area contributed by atoms with Gasteiger partial charge >= 0.3 is 0 Å². The third kappa shape index (κ3) is 2.64. The summed E-state index contributed by atoms with van der Waals surface area (Å²) in [4.78, 5) is 10.3. The molecule has 0 radical (unpaired) electrons. The minimum atomic E-state index is -0.400. The molecule has 0 aliphatic rings. The van der Waals surface area contributed by atoms with Crippen molar-refractivity contribution in [2.75, 3.05) is 0 Å². The molecule has 2 aromatic carbocycles. The molecule has 5 nitrogen and oxygen atoms in total. The summed E-state index contributed by atoms with van der Waals surface area (Å²) in [6.45, 7) is 0.648. The molecule has 21 heavy (non-hydrogen) atoms. The molecule has 3 rings (SSSR count). The molecule has 3 aromatic rings. The fraction of sp³-hybridized carbons (Fsp3) is 0.125. The molecule has 0 bridgehead atoms. The summed E-state index contributed by atoms with van der Waals surface area (Å²) in [5.74, 6) is 0. The normalized spacial score (nSPS) is 10.9. The van der Waals surface area contributed by atoms with Crippen molar-refractivity contribution in [3.63, 3.8) is 0 Å². The van der Waals surface area contributed by atoms with E-state index in [-0.39, 0.29) is 12.3 Å². The number of nitro benzene ring substituents is 1. The quantitative estimate of drug-likeness (QED) is 0.590. The molecular formula is C16H14N2O3. The van der Waals surface area contributed by atoms with E-state index in [4.69, 9.17) is 0 Å². The number of benzene rings is 2. The maximum Gasteiger partial charge on any atom is 0.269 e. The third-order valence-corrected chi connectivity index (χ3v) is 3.52. The lowest BCUT2D eigenvalue weighted by atomic mass is 10.1. The van der Waals surface area contributed by atoms with Crippen LogP contribution in [0.25, 0.3) is 10.9 Å². The summed E-state index contributed by atoms with van der Waals surface area (Å²) in [6, 6.07) is 14.4. The van der Waals surface area contributed by atoms with Crippen LogP contribution in [0.3, 0.4) is 0 Å². The molecule has 0 atom stereocenters. The lowest BCUT2D eigenvalue weighted by Crippen LogP contribution is -1.98. The van der Waals surface area contributed by atoms with Gasteiger partial charge in [0.25, 0.3) is 5.69 Å². The predicted molar refractivity (Wildman–Crippen MR) is 80.1 cm³/mol. The zero-order chi connectivity index (χ0) is 14.8. The Kier molecular flexibility index (Phi) is 3.41. The molecule has 0 amide bonds. The summed E-state index contributed by atoms with van der Waals surface area (Å²) in [6.07, 6.45) is 1.98. The van der Waals surface area contributed by atoms with Gasteiger partial charge in [0.1, 0.15) is 0 Å². The number of aliphatic hydroxyl groups excluding tert-OH is 1. The first-order valence-electron chi connectivity index (χ1n) is 6.59. The minimum Gasteiger partial charge on any atom is -0.392 e. The number of hydrogen-bond acceptors (Lipinski definition) is 3. The summed E-state index contributed by atoms with van der Waals surface area (Å²) in [5, 5.41) is 21.0. The van der Waals surface area contributed by atoms with Gasteiger partial charge in [-0.05, 0) is 28.6 Å². The van der Waals surface area contributed by atoms with Crippen LogP contribution in [0.15, 0.2) is 54.7 Å². The Morgan fingerprint density at radius 1 is 1.05 bits per heavy atom. The second-order valence-corrected chi connectivity index (χ2v) is 4.92. The maximum absolute atomic E-state index is 10.7. The lowest BCUT2D eigenvalue weighted by molar-refractivity contribution is -0.384. The molecule has 0 aliphatic carbocycles. The molecule has 0 saturated heterocycles. The van der Waals surface area contributed by atoms with Crippen molar-refractivity contribution in [1.29, 1.82) is 0 Å². The Hall–Kier alpha value is -2.66. The van der Waals surface area contributed by atoms with Crippen LogP contribution in [-0.4, -0.2) is 14.6 Å². The van der Waals surface area contributed by atoms with E-state index >= 15 is 0 Å². The van der Waals surface area contributed by atoms with Crippen molar-refractivity contribution in [3.05, 3.63) is 76.0 Å². The number of aliphatic hydroxyl groups is 1. The zero-order valence-electron chi connectivity index (χ0n) is 11.3. The average molecular weight is 282 g/mol. The summed E-state index contributed by atoms with van der Waals surface area (Å²) in [5.41, 5.74) is 3.00. The Balaban J connectivity index is 1.92. The number of rotatable bonds is 4. The summed E-state index contributed by atoms with van der Waals surface area (Å²) >= 11 is 0. The first-order valence-corrected chi connectivity index (χ1v) is 6.59. The molecule has 0 aliphatic heterocycles. The molecule has 5 heteroatoms. The Labute approximate surface area is 121 Å². The number of non-ortho nitro benzene ring substituents is 1. The van der Waals surface area contributed by atoms with Crippen LogP contribution in [0, 0.1) is 10.1 Å². The largest absolute Gasteiger partial charge is 0.392 e. The lowest BCUT2D eigenvalue weighted by Gasteiger charge is -2.06. The number of nitrogens with zero attached hydrogens (tertiary/aromatic N) is 2. The molecule has 1 N–H and O–H groups in total. The highest BCUT2D eigenvalue weighted by Crippen LogP contribution is 2.20.